The predicted octanol–water partition coefficient (Wildman–Crippen LogP) is 3.02. The Hall–Kier alpha value is -1.88. The number of nitrogens with zero attached hydrogens (tertiary/aromatic N) is 3. The van der Waals surface area contributed by atoms with E-state index in [4.69, 9.17) is 0 Å². The highest BCUT2D eigenvalue weighted by Crippen LogP contribution is 2.20. The number of thiophene rings is 1. The van der Waals surface area contributed by atoms with Crippen LogP contribution in [0, 0.1) is 5.82 Å². The van der Waals surface area contributed by atoms with Crippen LogP contribution < -0.4 is 15.5 Å². The number of carbonyl (C=O) groups excluding carboxylic acids is 1. The van der Waals surface area contributed by atoms with Crippen LogP contribution in [-0.4, -0.2) is 63.1 Å². The van der Waals surface area contributed by atoms with E-state index in [0.29, 0.717) is 12.2 Å². The van der Waals surface area contributed by atoms with E-state index in [0.717, 1.165) is 50.0 Å². The van der Waals surface area contributed by atoms with Crippen molar-refractivity contribution in [3.8, 4) is 0 Å². The molecule has 0 saturated carbocycles. The highest BCUT2D eigenvalue weighted by atomic mass is 127. The first-order valence-electron chi connectivity index (χ1n) is 9.46. The first-order valence-corrected chi connectivity index (χ1v) is 10.3. The summed E-state index contributed by atoms with van der Waals surface area (Å²) in [6.07, 6.45) is 0.811. The summed E-state index contributed by atoms with van der Waals surface area (Å²) in [5, 5.41) is 8.16. The highest BCUT2D eigenvalue weighted by Gasteiger charge is 2.21. The molecule has 1 aliphatic heterocycles. The number of guanidine groups is 1. The van der Waals surface area contributed by atoms with E-state index in [2.05, 4.69) is 25.4 Å². The molecular formula is C20H27FIN5OS. The molecule has 9 heteroatoms. The van der Waals surface area contributed by atoms with Gasteiger partial charge in [-0.25, -0.2) is 4.39 Å². The Balaban J connectivity index is 0.00000300. The van der Waals surface area contributed by atoms with Gasteiger partial charge in [0.05, 0.1) is 10.6 Å². The Morgan fingerprint density at radius 3 is 2.48 bits per heavy atom. The van der Waals surface area contributed by atoms with E-state index in [1.54, 1.807) is 13.1 Å². The summed E-state index contributed by atoms with van der Waals surface area (Å²) in [5.74, 6) is 0.643. The van der Waals surface area contributed by atoms with Crippen LogP contribution in [0.1, 0.15) is 16.1 Å². The van der Waals surface area contributed by atoms with Crippen LogP contribution in [0.15, 0.2) is 46.8 Å². The molecule has 1 fully saturated rings. The molecule has 2 aromatic rings. The Morgan fingerprint density at radius 2 is 1.83 bits per heavy atom. The van der Waals surface area contributed by atoms with Crippen molar-refractivity contribution in [2.45, 2.75) is 6.42 Å². The number of aliphatic imine (C=N–C) groups is 1. The number of anilines is 1. The Bertz CT molecular complexity index is 794. The fourth-order valence-electron chi connectivity index (χ4n) is 3.18. The van der Waals surface area contributed by atoms with Crippen LogP contribution in [0.5, 0.6) is 0 Å². The van der Waals surface area contributed by atoms with Gasteiger partial charge in [0.15, 0.2) is 5.96 Å². The number of benzene rings is 1. The van der Waals surface area contributed by atoms with Crippen LogP contribution in [-0.2, 0) is 0 Å². The van der Waals surface area contributed by atoms with Gasteiger partial charge in [-0.05, 0) is 30.0 Å². The molecule has 0 unspecified atom stereocenters. The van der Waals surface area contributed by atoms with Crippen molar-refractivity contribution in [3.63, 3.8) is 0 Å². The van der Waals surface area contributed by atoms with Gasteiger partial charge in [-0.3, -0.25) is 9.79 Å². The SMILES string of the molecule is CN=C(NCCCNC(=O)c1cccs1)N1CCN(c2ccccc2F)CC1.I. The summed E-state index contributed by atoms with van der Waals surface area (Å²) >= 11 is 1.44. The lowest BCUT2D eigenvalue weighted by atomic mass is 10.2. The number of hydrogen-bond acceptors (Lipinski definition) is 4. The maximum Gasteiger partial charge on any atom is 0.261 e. The molecule has 0 aliphatic carbocycles. The number of nitrogens with one attached hydrogen (secondary N) is 2. The lowest BCUT2D eigenvalue weighted by molar-refractivity contribution is 0.0957. The molecule has 3 rings (SSSR count). The second-order valence-corrected chi connectivity index (χ2v) is 7.43. The fourth-order valence-corrected chi connectivity index (χ4v) is 3.83. The zero-order chi connectivity index (χ0) is 19.8. The molecule has 0 spiro atoms. The maximum atomic E-state index is 14.0. The standard InChI is InChI=1S/C20H26FN5OS.HI/c1-22-20(24-10-5-9-23-19(27)18-8-4-15-28-18)26-13-11-25(12-14-26)17-7-3-2-6-16(17)21;/h2-4,6-8,15H,5,9-14H2,1H3,(H,22,24)(H,23,27);1H. The first kappa shape index (κ1) is 23.4. The van der Waals surface area contributed by atoms with Crippen molar-refractivity contribution >= 4 is 52.9 Å². The lowest BCUT2D eigenvalue weighted by Gasteiger charge is -2.37. The molecule has 1 aliphatic rings. The molecule has 6 nitrogen and oxygen atoms in total. The molecule has 29 heavy (non-hydrogen) atoms. The Labute approximate surface area is 192 Å². The number of piperazine rings is 1. The molecular weight excluding hydrogens is 504 g/mol. The second-order valence-electron chi connectivity index (χ2n) is 6.49. The quantitative estimate of drug-likeness (QED) is 0.261. The average Bonchev–Trinajstić information content (AvgIpc) is 3.26. The van der Waals surface area contributed by atoms with E-state index >= 15 is 0 Å². The van der Waals surface area contributed by atoms with Gasteiger partial charge in [-0.15, -0.1) is 35.3 Å². The minimum absolute atomic E-state index is 0. The topological polar surface area (TPSA) is 60.0 Å². The van der Waals surface area contributed by atoms with Gasteiger partial charge in [0.1, 0.15) is 5.82 Å². The molecule has 158 valence electrons. The first-order chi connectivity index (χ1) is 13.7. The van der Waals surface area contributed by atoms with Crippen molar-refractivity contribution in [1.29, 1.82) is 0 Å². The smallest absolute Gasteiger partial charge is 0.261 e. The average molecular weight is 531 g/mol. The molecule has 0 radical (unpaired) electrons. The molecule has 2 heterocycles. The van der Waals surface area contributed by atoms with Crippen LogP contribution in [0.2, 0.25) is 0 Å². The van der Waals surface area contributed by atoms with Gasteiger partial charge in [0.25, 0.3) is 5.91 Å². The third-order valence-corrected chi connectivity index (χ3v) is 5.52. The molecule has 1 saturated heterocycles. The van der Waals surface area contributed by atoms with Crippen LogP contribution in [0.25, 0.3) is 0 Å². The third-order valence-electron chi connectivity index (χ3n) is 4.65. The monoisotopic (exact) mass is 531 g/mol. The predicted molar refractivity (Wildman–Crippen MR) is 128 cm³/mol. The molecule has 0 atom stereocenters. The summed E-state index contributed by atoms with van der Waals surface area (Å²) in [5.41, 5.74) is 0.659. The minimum atomic E-state index is -0.178. The van der Waals surface area contributed by atoms with E-state index in [-0.39, 0.29) is 35.7 Å². The van der Waals surface area contributed by atoms with Gasteiger partial charge in [0.2, 0.25) is 0 Å². The Kier molecular flexibility index (Phi) is 9.65. The number of hydrogen-bond donors (Lipinski definition) is 2. The zero-order valence-corrected chi connectivity index (χ0v) is 19.6. The van der Waals surface area contributed by atoms with Gasteiger partial charge < -0.3 is 20.4 Å². The van der Waals surface area contributed by atoms with E-state index in [1.807, 2.05) is 29.6 Å². The summed E-state index contributed by atoms with van der Waals surface area (Å²) in [6, 6.07) is 10.6. The summed E-state index contributed by atoms with van der Waals surface area (Å²) < 4.78 is 14.0. The number of amides is 1. The van der Waals surface area contributed by atoms with Gasteiger partial charge in [0, 0.05) is 46.3 Å². The summed E-state index contributed by atoms with van der Waals surface area (Å²) in [4.78, 5) is 21.2. The van der Waals surface area contributed by atoms with E-state index in [9.17, 15) is 9.18 Å². The molecule has 1 aromatic heterocycles. The van der Waals surface area contributed by atoms with Crippen molar-refractivity contribution < 1.29 is 9.18 Å². The number of halogens is 2. The van der Waals surface area contributed by atoms with Crippen LogP contribution >= 0.6 is 35.3 Å². The molecule has 1 aromatic carbocycles. The van der Waals surface area contributed by atoms with Crippen molar-refractivity contribution in [2.24, 2.45) is 4.99 Å². The number of rotatable bonds is 6. The van der Waals surface area contributed by atoms with Crippen LogP contribution in [0.4, 0.5) is 10.1 Å². The number of para-hydroxylation sites is 1. The van der Waals surface area contributed by atoms with Gasteiger partial charge in [-0.1, -0.05) is 18.2 Å². The van der Waals surface area contributed by atoms with Gasteiger partial charge in [-0.2, -0.15) is 0 Å². The summed E-state index contributed by atoms with van der Waals surface area (Å²) in [6.45, 7) is 4.40. The van der Waals surface area contributed by atoms with Gasteiger partial charge >= 0.3 is 0 Å². The fraction of sp³-hybridized carbons (Fsp3) is 0.400. The Morgan fingerprint density at radius 1 is 1.10 bits per heavy atom. The lowest BCUT2D eigenvalue weighted by Crippen LogP contribution is -2.53. The molecule has 2 N–H and O–H groups in total. The number of carbonyl (C=O) groups is 1. The molecule has 1 amide bonds. The van der Waals surface area contributed by atoms with Crippen molar-refractivity contribution in [2.75, 3.05) is 51.2 Å². The van der Waals surface area contributed by atoms with Crippen molar-refractivity contribution in [3.05, 3.63) is 52.5 Å². The van der Waals surface area contributed by atoms with Crippen LogP contribution in [0.3, 0.4) is 0 Å². The highest BCUT2D eigenvalue weighted by molar-refractivity contribution is 14.0. The third kappa shape index (κ3) is 6.56. The molecule has 0 bridgehead atoms. The minimum Gasteiger partial charge on any atom is -0.366 e. The van der Waals surface area contributed by atoms with Crippen molar-refractivity contribution in [1.82, 2.24) is 15.5 Å². The summed E-state index contributed by atoms with van der Waals surface area (Å²) in [7, 11) is 1.77. The van der Waals surface area contributed by atoms with E-state index < -0.39 is 0 Å². The zero-order valence-electron chi connectivity index (χ0n) is 16.4. The van der Waals surface area contributed by atoms with E-state index in [1.165, 1.54) is 17.4 Å². The largest absolute Gasteiger partial charge is 0.366 e. The normalized spacial score (nSPS) is 14.3. The maximum absolute atomic E-state index is 14.0. The second kappa shape index (κ2) is 12.0.